The molecule has 2 aliphatic heterocycles. The molecule has 6 heterocycles. The van der Waals surface area contributed by atoms with E-state index >= 15 is 0 Å². The molecule has 43 heavy (non-hydrogen) atoms. The third-order valence-corrected chi connectivity index (χ3v) is 8.13. The first-order valence-corrected chi connectivity index (χ1v) is 19.6. The molecule has 2 fully saturated rings. The van der Waals surface area contributed by atoms with Crippen molar-refractivity contribution >= 4 is 46.1 Å². The van der Waals surface area contributed by atoms with Crippen LogP contribution in [0.15, 0.2) is 41.3 Å². The van der Waals surface area contributed by atoms with Gasteiger partial charge in [-0.15, -0.1) is 11.5 Å². The van der Waals surface area contributed by atoms with E-state index in [1.54, 1.807) is 12.4 Å². The molecule has 0 spiro atoms. The summed E-state index contributed by atoms with van der Waals surface area (Å²) in [6.07, 6.45) is 12.3. The second kappa shape index (κ2) is 16.2. The minimum Gasteiger partial charge on any atom is -0.356 e. The normalized spacial score (nSPS) is 18.3. The number of hydrogen-bond acceptors (Lipinski definition) is 6. The summed E-state index contributed by atoms with van der Waals surface area (Å²) in [5.74, 6) is 9.18. The maximum Gasteiger partial charge on any atom is 0.150 e. The summed E-state index contributed by atoms with van der Waals surface area (Å²) in [5, 5.41) is 8.79. The zero-order valence-electron chi connectivity index (χ0n) is 26.1. The van der Waals surface area contributed by atoms with Gasteiger partial charge in [-0.2, -0.15) is 10.2 Å². The molecular formula is C33H43BrN6O2Si. The average Bonchev–Trinajstić information content (AvgIpc) is 3.64. The van der Waals surface area contributed by atoms with Gasteiger partial charge in [0.15, 0.2) is 12.5 Å². The molecule has 6 rings (SSSR count). The fourth-order valence-electron chi connectivity index (χ4n) is 4.74. The predicted molar refractivity (Wildman–Crippen MR) is 179 cm³/mol. The SMILES string of the molecule is Brc1ccc2c(cnn2C2CCCCO2)n1.CCC#C[Si](C)(C)C.CCC#Cc1ccc2c(cnn2C2CCCCO2)n1. The summed E-state index contributed by atoms with van der Waals surface area (Å²) in [6, 6.07) is 7.94. The molecule has 2 aliphatic rings. The maximum absolute atomic E-state index is 5.77. The van der Waals surface area contributed by atoms with Crippen molar-refractivity contribution in [1.82, 2.24) is 29.5 Å². The van der Waals surface area contributed by atoms with Crippen molar-refractivity contribution in [2.24, 2.45) is 0 Å². The highest BCUT2D eigenvalue weighted by atomic mass is 79.9. The predicted octanol–water partition coefficient (Wildman–Crippen LogP) is 8.06. The van der Waals surface area contributed by atoms with Crippen molar-refractivity contribution in [2.45, 2.75) is 97.3 Å². The Balaban J connectivity index is 0.000000160. The minimum absolute atomic E-state index is 0.0561. The highest BCUT2D eigenvalue weighted by molar-refractivity contribution is 9.10. The molecule has 2 atom stereocenters. The number of aromatic nitrogens is 6. The van der Waals surface area contributed by atoms with E-state index < -0.39 is 8.07 Å². The quantitative estimate of drug-likeness (QED) is 0.123. The summed E-state index contributed by atoms with van der Waals surface area (Å²) >= 11 is 3.36. The zero-order chi connectivity index (χ0) is 30.7. The summed E-state index contributed by atoms with van der Waals surface area (Å²) in [5.41, 5.74) is 7.92. The number of halogens is 1. The van der Waals surface area contributed by atoms with Gasteiger partial charge >= 0.3 is 0 Å². The molecule has 0 bridgehead atoms. The van der Waals surface area contributed by atoms with Crippen LogP contribution in [0.1, 0.15) is 83.4 Å². The van der Waals surface area contributed by atoms with Gasteiger partial charge in [0.05, 0.1) is 23.4 Å². The van der Waals surface area contributed by atoms with Crippen molar-refractivity contribution in [3.05, 3.63) is 47.0 Å². The lowest BCUT2D eigenvalue weighted by Crippen LogP contribution is -2.18. The highest BCUT2D eigenvalue weighted by Gasteiger charge is 2.20. The Hall–Kier alpha value is -3.02. The lowest BCUT2D eigenvalue weighted by atomic mass is 10.2. The maximum atomic E-state index is 5.77. The number of fused-ring (bicyclic) bond motifs is 2. The first-order valence-electron chi connectivity index (χ1n) is 15.3. The van der Waals surface area contributed by atoms with Crippen molar-refractivity contribution in [1.29, 1.82) is 0 Å². The third-order valence-electron chi connectivity index (χ3n) is 6.76. The van der Waals surface area contributed by atoms with Crippen LogP contribution >= 0.6 is 15.9 Å². The van der Waals surface area contributed by atoms with Crippen LogP contribution in [0.4, 0.5) is 0 Å². The molecule has 0 N–H and O–H groups in total. The minimum atomic E-state index is -1.04. The topological polar surface area (TPSA) is 79.9 Å². The number of nitrogens with zero attached hydrogens (tertiary/aromatic N) is 6. The van der Waals surface area contributed by atoms with Gasteiger partial charge in [0.25, 0.3) is 0 Å². The fraction of sp³-hybridized carbons (Fsp3) is 0.515. The van der Waals surface area contributed by atoms with E-state index in [0.717, 1.165) is 84.1 Å². The molecule has 10 heteroatoms. The summed E-state index contributed by atoms with van der Waals surface area (Å²) in [6.45, 7) is 12.5. The van der Waals surface area contributed by atoms with Crippen LogP contribution in [0, 0.1) is 23.3 Å². The van der Waals surface area contributed by atoms with Crippen LogP contribution in [0.25, 0.3) is 22.1 Å². The molecule has 2 saturated heterocycles. The second-order valence-electron chi connectivity index (χ2n) is 11.5. The van der Waals surface area contributed by atoms with Crippen LogP contribution in [-0.2, 0) is 9.47 Å². The lowest BCUT2D eigenvalue weighted by Gasteiger charge is -2.23. The van der Waals surface area contributed by atoms with Crippen molar-refractivity contribution in [3.63, 3.8) is 0 Å². The van der Waals surface area contributed by atoms with E-state index in [1.165, 1.54) is 12.8 Å². The monoisotopic (exact) mass is 662 g/mol. The standard InChI is InChI=1S/C15H17N3O.C11H12BrN3O.C7H14Si/c1-2-3-6-12-8-9-14-13(17-12)11-16-18(14)15-7-4-5-10-19-15;12-10-5-4-9-8(14-10)7-13-15(9)11-3-1-2-6-16-11;1-5-6-7-8(2,3)4/h8-9,11,15H,2,4-5,7,10H2,1H3;4-5,7,11H,1-3,6H2;5H2,1-4H3. The Labute approximate surface area is 265 Å². The van der Waals surface area contributed by atoms with E-state index in [0.29, 0.717) is 0 Å². The van der Waals surface area contributed by atoms with Gasteiger partial charge in [-0.25, -0.2) is 19.3 Å². The fourth-order valence-corrected chi connectivity index (χ4v) is 5.77. The van der Waals surface area contributed by atoms with Crippen LogP contribution in [-0.4, -0.2) is 50.8 Å². The molecule has 0 aromatic carbocycles. The average molecular weight is 664 g/mol. The smallest absolute Gasteiger partial charge is 0.150 e. The van der Waals surface area contributed by atoms with Gasteiger partial charge in [0.2, 0.25) is 0 Å². The number of pyridine rings is 2. The third kappa shape index (κ3) is 9.74. The van der Waals surface area contributed by atoms with Gasteiger partial charge < -0.3 is 9.47 Å². The first-order chi connectivity index (χ1) is 20.8. The van der Waals surface area contributed by atoms with E-state index in [1.807, 2.05) is 40.6 Å². The molecule has 8 nitrogen and oxygen atoms in total. The molecule has 0 radical (unpaired) electrons. The second-order valence-corrected chi connectivity index (χ2v) is 17.1. The Morgan fingerprint density at radius 2 is 1.35 bits per heavy atom. The number of ether oxygens (including phenoxy) is 2. The lowest BCUT2D eigenvalue weighted by molar-refractivity contribution is -0.0367. The summed E-state index contributed by atoms with van der Waals surface area (Å²) < 4.78 is 16.2. The number of rotatable bonds is 2. The Kier molecular flexibility index (Phi) is 12.4. The van der Waals surface area contributed by atoms with Crippen LogP contribution in [0.3, 0.4) is 0 Å². The summed E-state index contributed by atoms with van der Waals surface area (Å²) in [7, 11) is -1.04. The van der Waals surface area contributed by atoms with Gasteiger partial charge in [0, 0.05) is 26.1 Å². The highest BCUT2D eigenvalue weighted by Crippen LogP contribution is 2.27. The van der Waals surface area contributed by atoms with Crippen molar-refractivity contribution in [3.8, 4) is 23.3 Å². The van der Waals surface area contributed by atoms with E-state index in [9.17, 15) is 0 Å². The van der Waals surface area contributed by atoms with Gasteiger partial charge in [-0.05, 0) is 84.6 Å². The Morgan fingerprint density at radius 3 is 1.84 bits per heavy atom. The van der Waals surface area contributed by atoms with Gasteiger partial charge in [-0.3, -0.25) is 0 Å². The first kappa shape index (κ1) is 32.9. The van der Waals surface area contributed by atoms with E-state index in [4.69, 9.17) is 9.47 Å². The van der Waals surface area contributed by atoms with Crippen molar-refractivity contribution in [2.75, 3.05) is 13.2 Å². The van der Waals surface area contributed by atoms with Crippen LogP contribution in [0.5, 0.6) is 0 Å². The molecule has 0 amide bonds. The molecular weight excluding hydrogens is 620 g/mol. The molecule has 228 valence electrons. The molecule has 4 aromatic heterocycles. The summed E-state index contributed by atoms with van der Waals surface area (Å²) in [4.78, 5) is 8.88. The largest absolute Gasteiger partial charge is 0.356 e. The van der Waals surface area contributed by atoms with Gasteiger partial charge in [-0.1, -0.05) is 39.4 Å². The van der Waals surface area contributed by atoms with E-state index in [2.05, 4.69) is 86.0 Å². The van der Waals surface area contributed by atoms with Crippen LogP contribution < -0.4 is 0 Å². The molecule has 0 saturated carbocycles. The molecule has 0 aliphatic carbocycles. The number of hydrogen-bond donors (Lipinski definition) is 0. The Bertz CT molecular complexity index is 1590. The van der Waals surface area contributed by atoms with Crippen molar-refractivity contribution < 1.29 is 9.47 Å². The van der Waals surface area contributed by atoms with Gasteiger partial charge in [0.1, 0.15) is 29.4 Å². The zero-order valence-corrected chi connectivity index (χ0v) is 28.7. The molecule has 4 aromatic rings. The Morgan fingerprint density at radius 1 is 0.791 bits per heavy atom. The van der Waals surface area contributed by atoms with E-state index in [-0.39, 0.29) is 12.5 Å². The molecule has 2 unspecified atom stereocenters. The van der Waals surface area contributed by atoms with Crippen LogP contribution in [0.2, 0.25) is 19.6 Å².